The highest BCUT2D eigenvalue weighted by atomic mass is 32.2. The molecule has 6 nitrogen and oxygen atoms in total. The molecule has 3 N–H and O–H groups in total. The van der Waals surface area contributed by atoms with E-state index >= 15 is 0 Å². The van der Waals surface area contributed by atoms with E-state index in [0.717, 1.165) is 17.5 Å². The van der Waals surface area contributed by atoms with E-state index in [1.165, 1.54) is 18.4 Å². The third-order valence-electron chi connectivity index (χ3n) is 3.15. The maximum Gasteiger partial charge on any atom is 0.319 e. The van der Waals surface area contributed by atoms with Crippen LogP contribution < -0.4 is 10.6 Å². The molecule has 2 aromatic rings. The van der Waals surface area contributed by atoms with Gasteiger partial charge in [0, 0.05) is 30.1 Å². The molecule has 2 rings (SSSR count). The highest BCUT2D eigenvalue weighted by Crippen LogP contribution is 2.17. The molecule has 8 heteroatoms. The lowest BCUT2D eigenvalue weighted by atomic mass is 10.2. The lowest BCUT2D eigenvalue weighted by Crippen LogP contribution is -2.37. The molecule has 0 saturated carbocycles. The Labute approximate surface area is 136 Å². The topological polar surface area (TPSA) is 86.9 Å². The molecule has 0 aliphatic rings. The number of carbonyl (C=O) groups excluding carboxylic acids is 1. The molecule has 0 radical (unpaired) electrons. The number of nitrogens with one attached hydrogen (secondary N) is 3. The maximum absolute atomic E-state index is 13.7. The summed E-state index contributed by atoms with van der Waals surface area (Å²) in [5, 5.41) is 12.3. The largest absolute Gasteiger partial charge is 0.335 e. The van der Waals surface area contributed by atoms with Crippen LogP contribution in [0.1, 0.15) is 18.3 Å². The summed E-state index contributed by atoms with van der Waals surface area (Å²) >= 11 is 0. The van der Waals surface area contributed by atoms with Crippen molar-refractivity contribution in [2.24, 2.45) is 0 Å². The van der Waals surface area contributed by atoms with Crippen molar-refractivity contribution in [2.45, 2.75) is 31.2 Å². The number of hydrogen-bond acceptors (Lipinski definition) is 3. The number of rotatable bonds is 5. The first-order valence-corrected chi connectivity index (χ1v) is 8.62. The molecule has 0 fully saturated rings. The molecule has 0 aliphatic carbocycles. The van der Waals surface area contributed by atoms with E-state index in [2.05, 4.69) is 20.8 Å². The Morgan fingerprint density at radius 3 is 2.74 bits per heavy atom. The summed E-state index contributed by atoms with van der Waals surface area (Å²) in [5.74, 6) is -0.608. The van der Waals surface area contributed by atoms with Gasteiger partial charge in [0.25, 0.3) is 0 Å². The molecule has 2 atom stereocenters. The van der Waals surface area contributed by atoms with E-state index in [9.17, 15) is 13.4 Å². The highest BCUT2D eigenvalue weighted by molar-refractivity contribution is 7.84. The van der Waals surface area contributed by atoms with Gasteiger partial charge in [-0.15, -0.1) is 0 Å². The summed E-state index contributed by atoms with van der Waals surface area (Å²) in [6.07, 6.45) is 1.98. The zero-order valence-electron chi connectivity index (χ0n) is 13.1. The van der Waals surface area contributed by atoms with Crippen LogP contribution in [0.3, 0.4) is 0 Å². The fourth-order valence-electron chi connectivity index (χ4n) is 2.15. The molecule has 0 spiro atoms. The minimum atomic E-state index is -1.40. The van der Waals surface area contributed by atoms with Gasteiger partial charge in [-0.2, -0.15) is 5.10 Å². The molecular formula is C15H19FN4O2S. The Balaban J connectivity index is 1.91. The first kappa shape index (κ1) is 17.1. The van der Waals surface area contributed by atoms with Gasteiger partial charge in [-0.1, -0.05) is 0 Å². The van der Waals surface area contributed by atoms with E-state index in [0.29, 0.717) is 12.1 Å². The van der Waals surface area contributed by atoms with Crippen LogP contribution in [0.4, 0.5) is 14.9 Å². The third kappa shape index (κ3) is 4.88. The fourth-order valence-corrected chi connectivity index (χ4v) is 2.74. The zero-order chi connectivity index (χ0) is 17.0. The van der Waals surface area contributed by atoms with Crippen molar-refractivity contribution in [3.8, 4) is 0 Å². The number of halogens is 1. The number of carbonyl (C=O) groups is 1. The van der Waals surface area contributed by atoms with Crippen LogP contribution >= 0.6 is 0 Å². The average Bonchev–Trinajstić information content (AvgIpc) is 2.83. The molecule has 1 heterocycles. The molecule has 124 valence electrons. The first-order valence-electron chi connectivity index (χ1n) is 7.06. The summed E-state index contributed by atoms with van der Waals surface area (Å²) in [4.78, 5) is 12.0. The van der Waals surface area contributed by atoms with E-state index in [4.69, 9.17) is 0 Å². The molecule has 0 aliphatic heterocycles. The second-order valence-corrected chi connectivity index (χ2v) is 6.69. The minimum absolute atomic E-state index is 0.109. The number of nitrogens with zero attached hydrogens (tertiary/aromatic N) is 1. The molecule has 0 saturated heterocycles. The van der Waals surface area contributed by atoms with Gasteiger partial charge in [0.05, 0.1) is 21.4 Å². The Kier molecular flexibility index (Phi) is 5.49. The number of H-pyrrole nitrogens is 1. The molecule has 1 aromatic carbocycles. The number of aromatic amines is 1. The minimum Gasteiger partial charge on any atom is -0.335 e. The zero-order valence-corrected chi connectivity index (χ0v) is 14.0. The van der Waals surface area contributed by atoms with Crippen LogP contribution in [0, 0.1) is 12.7 Å². The number of amides is 2. The maximum atomic E-state index is 13.7. The number of hydrogen-bond donors (Lipinski definition) is 3. The van der Waals surface area contributed by atoms with Gasteiger partial charge in [0.15, 0.2) is 0 Å². The van der Waals surface area contributed by atoms with Crippen molar-refractivity contribution in [3.05, 3.63) is 41.5 Å². The van der Waals surface area contributed by atoms with Crippen LogP contribution in [-0.2, 0) is 17.2 Å². The Morgan fingerprint density at radius 2 is 2.17 bits per heavy atom. The van der Waals surface area contributed by atoms with Gasteiger partial charge in [0.1, 0.15) is 5.82 Å². The smallest absolute Gasteiger partial charge is 0.319 e. The van der Waals surface area contributed by atoms with Crippen LogP contribution in [0.25, 0.3) is 0 Å². The third-order valence-corrected chi connectivity index (χ3v) is 4.10. The average molecular weight is 338 g/mol. The second-order valence-electron chi connectivity index (χ2n) is 5.35. The van der Waals surface area contributed by atoms with Crippen LogP contribution in [-0.4, -0.2) is 32.7 Å². The highest BCUT2D eigenvalue weighted by Gasteiger charge is 2.12. The lowest BCUT2D eigenvalue weighted by molar-refractivity contribution is 0.249. The van der Waals surface area contributed by atoms with Crippen molar-refractivity contribution >= 4 is 22.5 Å². The van der Waals surface area contributed by atoms with Gasteiger partial charge in [-0.25, -0.2) is 9.18 Å². The molecule has 0 bridgehead atoms. The predicted molar refractivity (Wildman–Crippen MR) is 87.4 cm³/mol. The lowest BCUT2D eigenvalue weighted by Gasteiger charge is -2.14. The number of benzene rings is 1. The molecule has 1 aromatic heterocycles. The predicted octanol–water partition coefficient (Wildman–Crippen LogP) is 2.35. The van der Waals surface area contributed by atoms with E-state index in [1.54, 1.807) is 0 Å². The van der Waals surface area contributed by atoms with Crippen molar-refractivity contribution in [2.75, 3.05) is 11.6 Å². The number of anilines is 1. The van der Waals surface area contributed by atoms with Crippen molar-refractivity contribution in [1.29, 1.82) is 0 Å². The standard InChI is InChI=1S/C15H19FN4O2S/c1-9(6-12-7-10(2)19-20-12)17-15(21)18-11-4-5-14(23(3)22)13(16)8-11/h4-5,7-9H,6H2,1-3H3,(H,19,20)(H2,17,18,21)/t9-,23+/m0/s1. The van der Waals surface area contributed by atoms with Crippen LogP contribution in [0.15, 0.2) is 29.2 Å². The van der Waals surface area contributed by atoms with E-state index < -0.39 is 22.6 Å². The van der Waals surface area contributed by atoms with Crippen LogP contribution in [0.2, 0.25) is 0 Å². The van der Waals surface area contributed by atoms with Gasteiger partial charge in [0.2, 0.25) is 0 Å². The Bertz CT molecular complexity index is 732. The van der Waals surface area contributed by atoms with Gasteiger partial charge in [-0.05, 0) is 38.1 Å². The summed E-state index contributed by atoms with van der Waals surface area (Å²) in [5.41, 5.74) is 2.12. The summed E-state index contributed by atoms with van der Waals surface area (Å²) in [7, 11) is -1.40. The summed E-state index contributed by atoms with van der Waals surface area (Å²) < 4.78 is 25.0. The number of urea groups is 1. The van der Waals surface area contributed by atoms with Crippen molar-refractivity contribution in [3.63, 3.8) is 0 Å². The molecular weight excluding hydrogens is 319 g/mol. The van der Waals surface area contributed by atoms with Gasteiger partial charge < -0.3 is 10.6 Å². The van der Waals surface area contributed by atoms with Gasteiger partial charge >= 0.3 is 6.03 Å². The Morgan fingerprint density at radius 1 is 1.43 bits per heavy atom. The number of aryl methyl sites for hydroxylation is 1. The molecule has 23 heavy (non-hydrogen) atoms. The summed E-state index contributed by atoms with van der Waals surface area (Å²) in [6.45, 7) is 3.76. The van der Waals surface area contributed by atoms with Gasteiger partial charge in [-0.3, -0.25) is 9.31 Å². The number of aromatic nitrogens is 2. The quantitative estimate of drug-likeness (QED) is 0.782. The van der Waals surface area contributed by atoms with Crippen molar-refractivity contribution in [1.82, 2.24) is 15.5 Å². The molecule has 2 amide bonds. The first-order chi connectivity index (χ1) is 10.8. The fraction of sp³-hybridized carbons (Fsp3) is 0.333. The van der Waals surface area contributed by atoms with Crippen molar-refractivity contribution < 1.29 is 13.4 Å². The van der Waals surface area contributed by atoms with E-state index in [-0.39, 0.29) is 10.9 Å². The molecule has 0 unspecified atom stereocenters. The Hall–Kier alpha value is -2.22. The van der Waals surface area contributed by atoms with E-state index in [1.807, 2.05) is 19.9 Å². The SMILES string of the molecule is Cc1cc(C[C@H](C)NC(=O)Nc2ccc([S@@](C)=O)c(F)c2)n[nH]1. The normalized spacial score (nSPS) is 13.4. The summed E-state index contributed by atoms with van der Waals surface area (Å²) in [6, 6.07) is 5.41. The second kappa shape index (κ2) is 7.36. The monoisotopic (exact) mass is 338 g/mol. The van der Waals surface area contributed by atoms with Crippen LogP contribution in [0.5, 0.6) is 0 Å².